The predicted molar refractivity (Wildman–Crippen MR) is 76.6 cm³/mol. The highest BCUT2D eigenvalue weighted by atomic mass is 19.1. The lowest BCUT2D eigenvalue weighted by molar-refractivity contribution is -0.0124. The second kappa shape index (κ2) is 5.17. The monoisotopic (exact) mass is 286 g/mol. The molecule has 5 heteroatoms. The van der Waals surface area contributed by atoms with E-state index < -0.39 is 23.8 Å². The highest BCUT2D eigenvalue weighted by molar-refractivity contribution is 5.67. The molecule has 0 bridgehead atoms. The van der Waals surface area contributed by atoms with Crippen LogP contribution in [0.25, 0.3) is 0 Å². The first-order valence-electron chi connectivity index (χ1n) is 7.56. The summed E-state index contributed by atoms with van der Waals surface area (Å²) in [6, 6.07) is -0.517. The summed E-state index contributed by atoms with van der Waals surface area (Å²) in [6.45, 7) is 9.18. The van der Waals surface area contributed by atoms with Crippen LogP contribution in [-0.2, 0) is 0 Å². The van der Waals surface area contributed by atoms with E-state index in [1.165, 1.54) is 4.90 Å². The number of amides is 1. The largest absolute Gasteiger partial charge is 0.465 e. The predicted octanol–water partition coefficient (Wildman–Crippen LogP) is 2.88. The van der Waals surface area contributed by atoms with Crippen molar-refractivity contribution in [3.8, 4) is 0 Å². The van der Waals surface area contributed by atoms with Crippen molar-refractivity contribution in [2.24, 2.45) is 11.3 Å². The van der Waals surface area contributed by atoms with Gasteiger partial charge in [-0.1, -0.05) is 6.92 Å². The maximum atomic E-state index is 14.8. The lowest BCUT2D eigenvalue weighted by Crippen LogP contribution is -2.60. The Labute approximate surface area is 120 Å². The highest BCUT2D eigenvalue weighted by Gasteiger charge is 2.57. The number of rotatable bonds is 1. The van der Waals surface area contributed by atoms with Crippen molar-refractivity contribution in [2.75, 3.05) is 13.1 Å². The van der Waals surface area contributed by atoms with Gasteiger partial charge in [-0.3, -0.25) is 4.90 Å². The Balaban J connectivity index is 2.40. The van der Waals surface area contributed by atoms with Gasteiger partial charge in [0, 0.05) is 5.54 Å². The molecule has 1 spiro atoms. The zero-order valence-corrected chi connectivity index (χ0v) is 12.9. The first-order chi connectivity index (χ1) is 9.19. The average Bonchev–Trinajstić information content (AvgIpc) is 2.53. The summed E-state index contributed by atoms with van der Waals surface area (Å²) in [7, 11) is 0. The number of carboxylic acid groups (broad SMARTS) is 1. The third-order valence-corrected chi connectivity index (χ3v) is 5.01. The highest BCUT2D eigenvalue weighted by Crippen LogP contribution is 2.52. The summed E-state index contributed by atoms with van der Waals surface area (Å²) in [6.07, 6.45) is 0.450. The van der Waals surface area contributed by atoms with Gasteiger partial charge in [-0.2, -0.15) is 0 Å². The third-order valence-electron chi connectivity index (χ3n) is 5.01. The maximum absolute atomic E-state index is 14.8. The topological polar surface area (TPSA) is 52.6 Å². The third kappa shape index (κ3) is 2.52. The van der Waals surface area contributed by atoms with Gasteiger partial charge < -0.3 is 10.4 Å². The smallest absolute Gasteiger partial charge is 0.408 e. The fraction of sp³-hybridized carbons (Fsp3) is 0.933. The van der Waals surface area contributed by atoms with Crippen LogP contribution in [0, 0.1) is 11.3 Å². The first kappa shape index (κ1) is 15.5. The minimum Gasteiger partial charge on any atom is -0.465 e. The van der Waals surface area contributed by atoms with Gasteiger partial charge >= 0.3 is 6.09 Å². The van der Waals surface area contributed by atoms with Crippen molar-refractivity contribution in [3.63, 3.8) is 0 Å². The zero-order valence-electron chi connectivity index (χ0n) is 12.9. The molecule has 4 nitrogen and oxygen atoms in total. The molecule has 1 aliphatic heterocycles. The zero-order chi connectivity index (χ0) is 15.1. The van der Waals surface area contributed by atoms with Gasteiger partial charge in [0.2, 0.25) is 0 Å². The lowest BCUT2D eigenvalue weighted by atomic mass is 9.72. The molecule has 0 unspecified atom stereocenters. The van der Waals surface area contributed by atoms with E-state index in [0.717, 1.165) is 32.4 Å². The van der Waals surface area contributed by atoms with E-state index in [2.05, 4.69) is 5.32 Å². The second-order valence-electron chi connectivity index (χ2n) is 7.51. The van der Waals surface area contributed by atoms with Crippen molar-refractivity contribution in [2.45, 2.75) is 64.7 Å². The second-order valence-corrected chi connectivity index (χ2v) is 7.51. The SMILES string of the molecule is C[C@@H]1CC2(CCNCC2)[C@H](N(C(=O)O)C(C)(C)C)[C@@H]1F. The van der Waals surface area contributed by atoms with E-state index in [1.807, 2.05) is 27.7 Å². The Kier molecular flexibility index (Phi) is 4.02. The minimum atomic E-state index is -1.07. The molecule has 2 fully saturated rings. The van der Waals surface area contributed by atoms with Gasteiger partial charge in [-0.15, -0.1) is 0 Å². The normalized spacial score (nSPS) is 33.4. The summed E-state index contributed by atoms with van der Waals surface area (Å²) in [5.41, 5.74) is -0.779. The molecule has 1 saturated heterocycles. The Bertz CT molecular complexity index is 375. The lowest BCUT2D eigenvalue weighted by Gasteiger charge is -2.48. The Morgan fingerprint density at radius 3 is 2.35 bits per heavy atom. The van der Waals surface area contributed by atoms with Crippen LogP contribution in [0.5, 0.6) is 0 Å². The molecule has 3 atom stereocenters. The molecule has 2 aliphatic rings. The average molecular weight is 286 g/mol. The van der Waals surface area contributed by atoms with Crippen LogP contribution in [0.15, 0.2) is 0 Å². The molecule has 1 aliphatic carbocycles. The number of alkyl halides is 1. The summed E-state index contributed by atoms with van der Waals surface area (Å²) in [5, 5.41) is 12.9. The summed E-state index contributed by atoms with van der Waals surface area (Å²) in [4.78, 5) is 13.1. The molecular formula is C15H27FN2O2. The molecule has 1 heterocycles. The van der Waals surface area contributed by atoms with Crippen LogP contribution < -0.4 is 5.32 Å². The number of nitrogens with zero attached hydrogens (tertiary/aromatic N) is 1. The first-order valence-corrected chi connectivity index (χ1v) is 7.56. The molecule has 1 amide bonds. The number of carbonyl (C=O) groups is 1. The van der Waals surface area contributed by atoms with Crippen LogP contribution in [0.1, 0.15) is 47.0 Å². The van der Waals surface area contributed by atoms with E-state index in [4.69, 9.17) is 0 Å². The maximum Gasteiger partial charge on any atom is 0.408 e. The number of nitrogens with one attached hydrogen (secondary N) is 1. The summed E-state index contributed by atoms with van der Waals surface area (Å²) < 4.78 is 14.8. The van der Waals surface area contributed by atoms with Crippen molar-refractivity contribution in [1.82, 2.24) is 10.2 Å². The van der Waals surface area contributed by atoms with Gasteiger partial charge in [-0.25, -0.2) is 9.18 Å². The number of piperidine rings is 1. The van der Waals surface area contributed by atoms with E-state index in [1.54, 1.807) is 0 Å². The number of hydrogen-bond donors (Lipinski definition) is 2. The molecule has 20 heavy (non-hydrogen) atoms. The Morgan fingerprint density at radius 1 is 1.35 bits per heavy atom. The van der Waals surface area contributed by atoms with Gasteiger partial charge in [0.05, 0.1) is 6.04 Å². The van der Waals surface area contributed by atoms with Crippen molar-refractivity contribution >= 4 is 6.09 Å². The van der Waals surface area contributed by atoms with Gasteiger partial charge in [-0.05, 0) is 64.5 Å². The van der Waals surface area contributed by atoms with Crippen molar-refractivity contribution in [3.05, 3.63) is 0 Å². The number of hydrogen-bond acceptors (Lipinski definition) is 2. The number of halogens is 1. The fourth-order valence-corrected chi connectivity index (χ4v) is 4.19. The standard InChI is InChI=1S/C15H27FN2O2/c1-10-9-15(5-7-17-8-6-15)12(11(10)16)18(13(19)20)14(2,3)4/h10-12,17H,5-9H2,1-4H3,(H,19,20)/t10-,11-,12-/m1/s1. The van der Waals surface area contributed by atoms with E-state index in [0.29, 0.717) is 0 Å². The van der Waals surface area contributed by atoms with Crippen LogP contribution in [-0.4, -0.2) is 46.9 Å². The van der Waals surface area contributed by atoms with Crippen LogP contribution in [0.2, 0.25) is 0 Å². The van der Waals surface area contributed by atoms with E-state index >= 15 is 0 Å². The van der Waals surface area contributed by atoms with Gasteiger partial charge in [0.15, 0.2) is 0 Å². The summed E-state index contributed by atoms with van der Waals surface area (Å²) >= 11 is 0. The molecule has 0 radical (unpaired) electrons. The molecule has 0 aromatic heterocycles. The van der Waals surface area contributed by atoms with Gasteiger partial charge in [0.25, 0.3) is 0 Å². The quantitative estimate of drug-likeness (QED) is 0.779. The molecule has 2 rings (SSSR count). The molecule has 1 saturated carbocycles. The molecular weight excluding hydrogens is 259 g/mol. The molecule has 0 aromatic carbocycles. The summed E-state index contributed by atoms with van der Waals surface area (Å²) in [5.74, 6) is -0.0673. The Hall–Kier alpha value is -0.840. The van der Waals surface area contributed by atoms with Crippen LogP contribution >= 0.6 is 0 Å². The minimum absolute atomic E-state index is 0.0673. The van der Waals surface area contributed by atoms with Crippen LogP contribution in [0.4, 0.5) is 9.18 Å². The van der Waals surface area contributed by atoms with Gasteiger partial charge in [0.1, 0.15) is 6.17 Å². The molecule has 116 valence electrons. The van der Waals surface area contributed by atoms with E-state index in [-0.39, 0.29) is 11.3 Å². The van der Waals surface area contributed by atoms with Crippen molar-refractivity contribution < 1.29 is 14.3 Å². The van der Waals surface area contributed by atoms with Crippen molar-refractivity contribution in [1.29, 1.82) is 0 Å². The van der Waals surface area contributed by atoms with Crippen LogP contribution in [0.3, 0.4) is 0 Å². The molecule has 2 N–H and O–H groups in total. The van der Waals surface area contributed by atoms with E-state index in [9.17, 15) is 14.3 Å². The Morgan fingerprint density at radius 2 is 1.90 bits per heavy atom. The fourth-order valence-electron chi connectivity index (χ4n) is 4.19. The molecule has 0 aromatic rings.